The molecule has 0 spiro atoms. The van der Waals surface area contributed by atoms with E-state index in [0.29, 0.717) is 18.5 Å². The lowest BCUT2D eigenvalue weighted by molar-refractivity contribution is 0.112. The summed E-state index contributed by atoms with van der Waals surface area (Å²) in [7, 11) is 1.67. The molecule has 0 N–H and O–H groups in total. The van der Waals surface area contributed by atoms with Crippen LogP contribution in [0.3, 0.4) is 0 Å². The molecule has 0 aliphatic carbocycles. The first-order valence-corrected chi connectivity index (χ1v) is 6.07. The van der Waals surface area contributed by atoms with Crippen LogP contribution in [0.1, 0.15) is 15.9 Å². The van der Waals surface area contributed by atoms with Crippen LogP contribution in [0, 0.1) is 5.82 Å². The third-order valence-corrected chi connectivity index (χ3v) is 3.00. The van der Waals surface area contributed by atoms with Crippen LogP contribution in [-0.4, -0.2) is 20.0 Å². The monoisotopic (exact) mass is 258 g/mol. The zero-order valence-electron chi connectivity index (χ0n) is 10.7. The van der Waals surface area contributed by atoms with Gasteiger partial charge in [-0.25, -0.2) is 4.39 Å². The highest BCUT2D eigenvalue weighted by atomic mass is 19.1. The van der Waals surface area contributed by atoms with Gasteiger partial charge in [-0.05, 0) is 35.2 Å². The molecule has 0 aliphatic rings. The number of aldehydes is 1. The Hall–Kier alpha value is -2.00. The highest BCUT2D eigenvalue weighted by Gasteiger charge is 2.06. The second kappa shape index (κ2) is 6.25. The minimum absolute atomic E-state index is 0.365. The summed E-state index contributed by atoms with van der Waals surface area (Å²) in [6.45, 7) is 0.676. The lowest BCUT2D eigenvalue weighted by atomic mass is 9.99. The van der Waals surface area contributed by atoms with Gasteiger partial charge >= 0.3 is 0 Å². The Bertz CT molecular complexity index is 561. The van der Waals surface area contributed by atoms with Crippen molar-refractivity contribution in [2.24, 2.45) is 0 Å². The number of ether oxygens (including phenoxy) is 1. The quantitative estimate of drug-likeness (QED) is 0.767. The molecule has 0 unspecified atom stereocenters. The molecule has 0 atom stereocenters. The maximum absolute atomic E-state index is 13.1. The fourth-order valence-corrected chi connectivity index (χ4v) is 1.96. The summed E-state index contributed by atoms with van der Waals surface area (Å²) in [6.07, 6.45) is 1.53. The van der Waals surface area contributed by atoms with Crippen LogP contribution < -0.4 is 0 Å². The van der Waals surface area contributed by atoms with Gasteiger partial charge in [0.05, 0.1) is 6.61 Å². The van der Waals surface area contributed by atoms with E-state index in [1.807, 2.05) is 24.3 Å². The number of halogens is 1. The van der Waals surface area contributed by atoms with Gasteiger partial charge in [-0.2, -0.15) is 0 Å². The minimum Gasteiger partial charge on any atom is -0.384 e. The largest absolute Gasteiger partial charge is 0.384 e. The van der Waals surface area contributed by atoms with E-state index in [4.69, 9.17) is 4.74 Å². The number of carbonyl (C=O) groups is 1. The van der Waals surface area contributed by atoms with Crippen molar-refractivity contribution in [2.75, 3.05) is 13.7 Å². The highest BCUT2D eigenvalue weighted by molar-refractivity contribution is 5.87. The lowest BCUT2D eigenvalue weighted by Gasteiger charge is -2.07. The Morgan fingerprint density at radius 2 is 1.89 bits per heavy atom. The van der Waals surface area contributed by atoms with Crippen molar-refractivity contribution in [1.29, 1.82) is 0 Å². The average molecular weight is 258 g/mol. The zero-order valence-corrected chi connectivity index (χ0v) is 10.7. The number of hydrogen-bond acceptors (Lipinski definition) is 2. The summed E-state index contributed by atoms with van der Waals surface area (Å²) in [5, 5.41) is 0. The second-order valence-corrected chi connectivity index (χ2v) is 4.29. The molecule has 0 aromatic heterocycles. The van der Waals surface area contributed by atoms with Crippen LogP contribution in [0.15, 0.2) is 42.5 Å². The first-order valence-electron chi connectivity index (χ1n) is 6.07. The van der Waals surface area contributed by atoms with Crippen LogP contribution in [0.2, 0.25) is 0 Å². The summed E-state index contributed by atoms with van der Waals surface area (Å²) in [5.74, 6) is -0.400. The fraction of sp³-hybridized carbons (Fsp3) is 0.188. The molecule has 2 aromatic rings. The van der Waals surface area contributed by atoms with E-state index in [2.05, 4.69) is 0 Å². The van der Waals surface area contributed by atoms with Crippen LogP contribution in [0.5, 0.6) is 0 Å². The van der Waals surface area contributed by atoms with Crippen molar-refractivity contribution >= 4 is 6.29 Å². The molecular weight excluding hydrogens is 243 g/mol. The summed E-state index contributed by atoms with van der Waals surface area (Å²) < 4.78 is 18.1. The Morgan fingerprint density at radius 3 is 2.53 bits per heavy atom. The van der Waals surface area contributed by atoms with Gasteiger partial charge in [0.1, 0.15) is 5.82 Å². The Kier molecular flexibility index (Phi) is 4.42. The molecule has 2 nitrogen and oxygen atoms in total. The average Bonchev–Trinajstić information content (AvgIpc) is 2.45. The minimum atomic E-state index is -0.400. The van der Waals surface area contributed by atoms with Crippen LogP contribution in [0.25, 0.3) is 11.1 Å². The van der Waals surface area contributed by atoms with E-state index in [-0.39, 0.29) is 0 Å². The fourth-order valence-electron chi connectivity index (χ4n) is 1.96. The predicted molar refractivity (Wildman–Crippen MR) is 72.8 cm³/mol. The van der Waals surface area contributed by atoms with Crippen molar-refractivity contribution in [3.05, 3.63) is 59.4 Å². The second-order valence-electron chi connectivity index (χ2n) is 4.29. The first kappa shape index (κ1) is 13.4. The molecular formula is C16H15FO2. The standard InChI is InChI=1S/C16H15FO2/c1-19-9-8-12-2-4-13(5-3-12)16-7-6-15(17)10-14(16)11-18/h2-7,10-11H,8-9H2,1H3. The molecule has 0 aliphatic heterocycles. The van der Waals surface area contributed by atoms with E-state index < -0.39 is 5.82 Å². The third kappa shape index (κ3) is 3.26. The predicted octanol–water partition coefficient (Wildman–Crippen LogP) is 3.49. The summed E-state index contributed by atoms with van der Waals surface area (Å²) in [5.41, 5.74) is 3.18. The van der Waals surface area contributed by atoms with Gasteiger partial charge < -0.3 is 4.74 Å². The molecule has 98 valence electrons. The van der Waals surface area contributed by atoms with Crippen LogP contribution in [0.4, 0.5) is 4.39 Å². The number of methoxy groups -OCH3 is 1. The van der Waals surface area contributed by atoms with Crippen LogP contribution in [-0.2, 0) is 11.2 Å². The Balaban J connectivity index is 2.29. The van der Waals surface area contributed by atoms with Crippen molar-refractivity contribution < 1.29 is 13.9 Å². The van der Waals surface area contributed by atoms with Crippen molar-refractivity contribution in [3.8, 4) is 11.1 Å². The molecule has 2 aromatic carbocycles. The van der Waals surface area contributed by atoms with E-state index in [9.17, 15) is 9.18 Å². The summed E-state index contributed by atoms with van der Waals surface area (Å²) in [6, 6.07) is 12.1. The van der Waals surface area contributed by atoms with E-state index in [1.165, 1.54) is 17.7 Å². The normalized spacial score (nSPS) is 10.4. The SMILES string of the molecule is COCCc1ccc(-c2ccc(F)cc2C=O)cc1. The maximum Gasteiger partial charge on any atom is 0.150 e. The van der Waals surface area contributed by atoms with Crippen molar-refractivity contribution in [2.45, 2.75) is 6.42 Å². The lowest BCUT2D eigenvalue weighted by Crippen LogP contribution is -1.94. The van der Waals surface area contributed by atoms with Gasteiger partial charge in [0.15, 0.2) is 6.29 Å². The van der Waals surface area contributed by atoms with Gasteiger partial charge in [0.25, 0.3) is 0 Å². The number of benzene rings is 2. The van der Waals surface area contributed by atoms with Crippen LogP contribution >= 0.6 is 0 Å². The topological polar surface area (TPSA) is 26.3 Å². The summed E-state index contributed by atoms with van der Waals surface area (Å²) >= 11 is 0. The van der Waals surface area contributed by atoms with Gasteiger partial charge in [-0.1, -0.05) is 30.3 Å². The molecule has 19 heavy (non-hydrogen) atoms. The van der Waals surface area contributed by atoms with Gasteiger partial charge in [-0.3, -0.25) is 4.79 Å². The maximum atomic E-state index is 13.1. The number of carbonyl (C=O) groups excluding carboxylic acids is 1. The molecule has 0 fully saturated rings. The molecule has 0 bridgehead atoms. The van der Waals surface area contributed by atoms with E-state index >= 15 is 0 Å². The van der Waals surface area contributed by atoms with Crippen molar-refractivity contribution in [3.63, 3.8) is 0 Å². The zero-order chi connectivity index (χ0) is 13.7. The van der Waals surface area contributed by atoms with Crippen molar-refractivity contribution in [1.82, 2.24) is 0 Å². The van der Waals surface area contributed by atoms with Gasteiger partial charge in [-0.15, -0.1) is 0 Å². The summed E-state index contributed by atoms with van der Waals surface area (Å²) in [4.78, 5) is 11.0. The molecule has 3 heteroatoms. The molecule has 0 radical (unpaired) electrons. The molecule has 0 heterocycles. The van der Waals surface area contributed by atoms with Gasteiger partial charge in [0, 0.05) is 12.7 Å². The number of hydrogen-bond donors (Lipinski definition) is 0. The third-order valence-electron chi connectivity index (χ3n) is 3.00. The molecule has 0 saturated heterocycles. The molecule has 2 rings (SSSR count). The molecule has 0 saturated carbocycles. The molecule has 0 amide bonds. The Labute approximate surface area is 111 Å². The van der Waals surface area contributed by atoms with E-state index in [0.717, 1.165) is 17.5 Å². The number of rotatable bonds is 5. The Morgan fingerprint density at radius 1 is 1.16 bits per heavy atom. The first-order chi connectivity index (χ1) is 9.24. The van der Waals surface area contributed by atoms with E-state index in [1.54, 1.807) is 13.2 Å². The van der Waals surface area contributed by atoms with Gasteiger partial charge in [0.2, 0.25) is 0 Å². The highest BCUT2D eigenvalue weighted by Crippen LogP contribution is 2.24. The smallest absolute Gasteiger partial charge is 0.150 e.